The number of Topliss-reactive ketones (excluding diaryl/α,β-unsaturated/α-hetero) is 1. The van der Waals surface area contributed by atoms with Gasteiger partial charge in [-0.2, -0.15) is 0 Å². The van der Waals surface area contributed by atoms with Gasteiger partial charge in [-0.1, -0.05) is 0 Å². The second kappa shape index (κ2) is 13.7. The first-order chi connectivity index (χ1) is 14.6. The molecule has 11 heteroatoms. The number of hydrogen-bond acceptors (Lipinski definition) is 6. The van der Waals surface area contributed by atoms with Gasteiger partial charge >= 0.3 is 135 Å². The number of benzene rings is 1. The van der Waals surface area contributed by atoms with Crippen molar-refractivity contribution < 1.29 is 68.7 Å². The maximum absolute atomic E-state index is 12.0. The smallest absolute Gasteiger partial charge is 0.480 e. The van der Waals surface area contributed by atoms with E-state index in [9.17, 15) is 29.1 Å². The molecule has 0 spiro atoms. The molecule has 1 amide bonds. The van der Waals surface area contributed by atoms with E-state index in [1.807, 2.05) is 29.6 Å². The van der Waals surface area contributed by atoms with Crippen molar-refractivity contribution in [1.82, 2.24) is 5.32 Å². The number of nitrogens with one attached hydrogen (secondary N) is 1. The van der Waals surface area contributed by atoms with Gasteiger partial charge in [-0.25, -0.2) is 14.4 Å². The van der Waals surface area contributed by atoms with Crippen LogP contribution in [0.15, 0.2) is 24.3 Å². The molecule has 4 N–H and O–H groups in total. The molecule has 170 valence electrons. The number of rotatable bonds is 14. The zero-order valence-electron chi connectivity index (χ0n) is 16.6. The number of ketones is 1. The van der Waals surface area contributed by atoms with Gasteiger partial charge in [-0.15, -0.1) is 0 Å². The van der Waals surface area contributed by atoms with E-state index in [0.717, 1.165) is 5.56 Å². The van der Waals surface area contributed by atoms with Crippen molar-refractivity contribution >= 4 is 33.1 Å². The Morgan fingerprint density at radius 1 is 0.903 bits per heavy atom. The van der Waals surface area contributed by atoms with E-state index in [0.29, 0.717) is 12.8 Å². The Kier molecular flexibility index (Phi) is 11.7. The molecule has 0 aliphatic carbocycles. The van der Waals surface area contributed by atoms with E-state index < -0.39 is 49.0 Å². The van der Waals surface area contributed by atoms with Crippen molar-refractivity contribution in [3.05, 3.63) is 29.8 Å². The first kappa shape index (κ1) is 26.5. The maximum atomic E-state index is 12.0. The van der Waals surface area contributed by atoms with Crippen molar-refractivity contribution in [2.24, 2.45) is 0 Å². The second-order valence-corrected chi connectivity index (χ2v) is 8.45. The first-order valence-electron chi connectivity index (χ1n) is 9.49. The summed E-state index contributed by atoms with van der Waals surface area (Å²) >= 11 is 1.58. The van der Waals surface area contributed by atoms with Gasteiger partial charge in [0.1, 0.15) is 6.04 Å². The molecule has 0 bridgehead atoms. The van der Waals surface area contributed by atoms with E-state index >= 15 is 0 Å². The van der Waals surface area contributed by atoms with Gasteiger partial charge in [0, 0.05) is 6.42 Å². The third-order valence-electron chi connectivity index (χ3n) is 4.28. The van der Waals surface area contributed by atoms with Gasteiger partial charge in [-0.05, 0) is 6.42 Å². The number of amides is 1. The average Bonchev–Trinajstić information content (AvgIpc) is 2.69. The van der Waals surface area contributed by atoms with Gasteiger partial charge in [0.2, 0.25) is 0 Å². The number of ether oxygens (including phenoxy) is 1. The third-order valence-corrected chi connectivity index (χ3v) is 5.26. The molecule has 1 aromatic rings. The molecule has 10 nitrogen and oxygen atoms in total. The average molecular weight is 633 g/mol. The molecular formula is C20H24AtNO9. The summed E-state index contributed by atoms with van der Waals surface area (Å²) in [5.41, 5.74) is 1.10. The van der Waals surface area contributed by atoms with Crippen molar-refractivity contribution in [2.45, 2.75) is 57.1 Å². The van der Waals surface area contributed by atoms with Crippen LogP contribution in [0.5, 0.6) is 0 Å². The number of hydrogen-bond donors (Lipinski definition) is 4. The van der Waals surface area contributed by atoms with Crippen LogP contribution in [0, 0.1) is 24.7 Å². The Labute approximate surface area is 193 Å². The molecule has 0 heterocycles. The van der Waals surface area contributed by atoms with Crippen molar-refractivity contribution in [2.75, 3.05) is 0 Å². The SMILES string of the molecule is O=C(O)CC[C@H](NC(=O)O[C@@H](CCC(=O)CCCc1ccc([211At])cc1)C(=O)O)C(=O)O. The summed E-state index contributed by atoms with van der Waals surface area (Å²) in [5.74, 6) is -4.36. The molecular weight excluding hydrogens is 609 g/mol. The number of carboxylic acid groups (broad SMARTS) is 3. The van der Waals surface area contributed by atoms with Gasteiger partial charge in [0.25, 0.3) is 0 Å². The van der Waals surface area contributed by atoms with E-state index in [2.05, 4.69) is 0 Å². The number of aryl methyl sites for hydroxylation is 1. The predicted octanol–water partition coefficient (Wildman–Crippen LogP) is 1.03. The summed E-state index contributed by atoms with van der Waals surface area (Å²) in [7, 11) is 0. The van der Waals surface area contributed by atoms with Crippen LogP contribution in [0.2, 0.25) is 0 Å². The van der Waals surface area contributed by atoms with Crippen LogP contribution in [-0.2, 0) is 30.3 Å². The van der Waals surface area contributed by atoms with Gasteiger partial charge in [0.05, 0.1) is 0 Å². The van der Waals surface area contributed by atoms with Crippen LogP contribution in [0.25, 0.3) is 0 Å². The number of aliphatic carboxylic acids is 3. The number of carbonyl (C=O) groups is 5. The molecule has 31 heavy (non-hydrogen) atoms. The Morgan fingerprint density at radius 2 is 1.55 bits per heavy atom. The summed E-state index contributed by atoms with van der Waals surface area (Å²) in [5, 5.41) is 28.7. The van der Waals surface area contributed by atoms with Crippen molar-refractivity contribution in [3.63, 3.8) is 0 Å². The Bertz CT molecular complexity index is 794. The molecule has 0 saturated heterocycles. The molecule has 1 rings (SSSR count). The molecule has 0 aromatic heterocycles. The summed E-state index contributed by atoms with van der Waals surface area (Å²) in [6.45, 7) is 0. The Hall–Kier alpha value is -2.55. The number of carbonyl (C=O) groups excluding carboxylic acids is 2. The van der Waals surface area contributed by atoms with E-state index in [4.69, 9.17) is 14.9 Å². The molecule has 0 saturated carbocycles. The molecule has 2 atom stereocenters. The van der Waals surface area contributed by atoms with Gasteiger partial charge in [0.15, 0.2) is 0 Å². The van der Waals surface area contributed by atoms with Gasteiger partial charge < -0.3 is 20.6 Å². The molecule has 0 radical (unpaired) electrons. The van der Waals surface area contributed by atoms with Crippen LogP contribution in [0.3, 0.4) is 0 Å². The molecule has 0 aliphatic heterocycles. The fourth-order valence-electron chi connectivity index (χ4n) is 2.62. The fraction of sp³-hybridized carbons (Fsp3) is 0.450. The second-order valence-electron chi connectivity index (χ2n) is 6.76. The minimum absolute atomic E-state index is 0.109. The minimum atomic E-state index is -1.63. The minimum Gasteiger partial charge on any atom is -0.480 e. The monoisotopic (exact) mass is 633 g/mol. The first-order valence-corrected chi connectivity index (χ1v) is 11.0. The Morgan fingerprint density at radius 3 is 2.10 bits per heavy atom. The van der Waals surface area contributed by atoms with Crippen LogP contribution in [0.4, 0.5) is 4.79 Å². The normalized spacial score (nSPS) is 12.4. The summed E-state index contributed by atoms with van der Waals surface area (Å²) in [6, 6.07) is 6.46. The molecule has 0 unspecified atom stereocenters. The quantitative estimate of drug-likeness (QED) is 0.234. The zero-order valence-corrected chi connectivity index (χ0v) is 19.5. The Balaban J connectivity index is 2.44. The van der Waals surface area contributed by atoms with E-state index in [1.165, 1.54) is 3.27 Å². The fourth-order valence-corrected chi connectivity index (χ4v) is 3.11. The third kappa shape index (κ3) is 11.4. The molecule has 0 aliphatic rings. The molecule has 0 fully saturated rings. The van der Waals surface area contributed by atoms with Crippen LogP contribution < -0.4 is 8.59 Å². The van der Waals surface area contributed by atoms with Crippen molar-refractivity contribution in [3.8, 4) is 0 Å². The predicted molar refractivity (Wildman–Crippen MR) is 103 cm³/mol. The summed E-state index contributed by atoms with van der Waals surface area (Å²) in [4.78, 5) is 56.8. The summed E-state index contributed by atoms with van der Waals surface area (Å²) in [6.07, 6.45) is -2.61. The van der Waals surface area contributed by atoms with E-state index in [1.54, 1.807) is 24.7 Å². The number of alkyl carbamates (subject to hydrolysis) is 1. The van der Waals surface area contributed by atoms with Crippen molar-refractivity contribution in [1.29, 1.82) is 0 Å². The topological polar surface area (TPSA) is 167 Å². The van der Waals surface area contributed by atoms with E-state index in [-0.39, 0.29) is 25.0 Å². The van der Waals surface area contributed by atoms with Gasteiger partial charge in [-0.3, -0.25) is 4.79 Å². The standard InChI is InChI=1S/C20H24AtNO9/c21-13-6-4-12(5-7-13)2-1-3-14(23)8-10-16(19(28)29)31-20(30)22-15(18(26)27)9-11-17(24)25/h4-7,15-16H,1-3,8-11H2,(H,22,30)(H,24,25)(H,26,27)(H,28,29)/t15-,16-/m0/s1/i21+1. The zero-order chi connectivity index (χ0) is 23.4. The van der Waals surface area contributed by atoms with Crippen LogP contribution in [0.1, 0.15) is 44.1 Å². The summed E-state index contributed by atoms with van der Waals surface area (Å²) < 4.78 is 5.92. The number of carboxylic acids is 3. The van der Waals surface area contributed by atoms with Crippen LogP contribution >= 0.6 is 0 Å². The molecule has 1 aromatic carbocycles. The van der Waals surface area contributed by atoms with Crippen LogP contribution in [-0.4, -0.2) is 57.2 Å².